The van der Waals surface area contributed by atoms with Crippen LogP contribution in [0.4, 0.5) is 0 Å². The molecule has 1 amide bonds. The first-order valence-corrected chi connectivity index (χ1v) is 10.2. The molecular weight excluding hydrogens is 398 g/mol. The third kappa shape index (κ3) is 3.88. The lowest BCUT2D eigenvalue weighted by molar-refractivity contribution is -0.140. The molecular formula is C24H25NO6. The number of aliphatic hydroxyl groups excluding tert-OH is 1. The van der Waals surface area contributed by atoms with Crippen LogP contribution in [-0.2, 0) is 14.3 Å². The van der Waals surface area contributed by atoms with Gasteiger partial charge >= 0.3 is 0 Å². The number of aromatic hydroxyl groups is 1. The van der Waals surface area contributed by atoms with E-state index >= 15 is 0 Å². The van der Waals surface area contributed by atoms with E-state index in [2.05, 4.69) is 0 Å². The Balaban J connectivity index is 1.88. The van der Waals surface area contributed by atoms with E-state index in [0.717, 1.165) is 18.4 Å². The smallest absolute Gasteiger partial charge is 0.295 e. The summed E-state index contributed by atoms with van der Waals surface area (Å²) in [4.78, 5) is 27.5. The van der Waals surface area contributed by atoms with E-state index in [1.807, 2.05) is 13.0 Å². The van der Waals surface area contributed by atoms with Crippen LogP contribution in [0.1, 0.15) is 35.6 Å². The van der Waals surface area contributed by atoms with E-state index in [9.17, 15) is 19.8 Å². The van der Waals surface area contributed by atoms with Gasteiger partial charge in [0.05, 0.1) is 30.4 Å². The summed E-state index contributed by atoms with van der Waals surface area (Å²) in [7, 11) is 1.48. The first-order chi connectivity index (χ1) is 14.9. The molecule has 4 rings (SSSR count). The number of ether oxygens (including phenoxy) is 2. The molecule has 7 nitrogen and oxygen atoms in total. The van der Waals surface area contributed by atoms with Crippen molar-refractivity contribution < 1.29 is 29.3 Å². The molecule has 2 aliphatic rings. The Morgan fingerprint density at radius 3 is 2.71 bits per heavy atom. The first-order valence-electron chi connectivity index (χ1n) is 10.2. The Kier molecular flexibility index (Phi) is 5.69. The number of ketones is 1. The molecule has 2 N–H and O–H groups in total. The minimum Gasteiger partial charge on any atom is -0.508 e. The molecule has 2 heterocycles. The second-order valence-corrected chi connectivity index (χ2v) is 7.89. The quantitative estimate of drug-likeness (QED) is 0.435. The average Bonchev–Trinajstić information content (AvgIpc) is 3.35. The van der Waals surface area contributed by atoms with Crippen molar-refractivity contribution in [1.29, 1.82) is 0 Å². The molecule has 0 aliphatic carbocycles. The largest absolute Gasteiger partial charge is 0.508 e. The van der Waals surface area contributed by atoms with Crippen LogP contribution in [0.15, 0.2) is 48.0 Å². The Bertz CT molecular complexity index is 1050. The van der Waals surface area contributed by atoms with Crippen LogP contribution in [0.2, 0.25) is 0 Å². The minimum atomic E-state index is -0.846. The summed E-state index contributed by atoms with van der Waals surface area (Å²) >= 11 is 0. The third-order valence-corrected chi connectivity index (χ3v) is 5.76. The highest BCUT2D eigenvalue weighted by molar-refractivity contribution is 6.46. The normalized spacial score (nSPS) is 22.8. The molecule has 31 heavy (non-hydrogen) atoms. The molecule has 2 aromatic rings. The molecule has 0 saturated carbocycles. The number of carbonyl (C=O) groups excluding carboxylic acids is 2. The Hall–Kier alpha value is -3.32. The van der Waals surface area contributed by atoms with Crippen molar-refractivity contribution in [2.24, 2.45) is 0 Å². The number of carbonyl (C=O) groups is 2. The average molecular weight is 423 g/mol. The molecule has 2 fully saturated rings. The van der Waals surface area contributed by atoms with Gasteiger partial charge in [0.1, 0.15) is 17.3 Å². The van der Waals surface area contributed by atoms with Gasteiger partial charge in [0.2, 0.25) is 0 Å². The fourth-order valence-corrected chi connectivity index (χ4v) is 4.27. The Labute approximate surface area is 180 Å². The van der Waals surface area contributed by atoms with Gasteiger partial charge in [-0.25, -0.2) is 0 Å². The summed E-state index contributed by atoms with van der Waals surface area (Å²) in [5, 5.41) is 21.3. The molecule has 162 valence electrons. The molecule has 2 aliphatic heterocycles. The maximum absolute atomic E-state index is 13.1. The van der Waals surface area contributed by atoms with Crippen LogP contribution in [0.5, 0.6) is 11.5 Å². The summed E-state index contributed by atoms with van der Waals surface area (Å²) in [6.45, 7) is 2.71. The van der Waals surface area contributed by atoms with Gasteiger partial charge in [-0.1, -0.05) is 23.8 Å². The number of amides is 1. The Morgan fingerprint density at radius 1 is 1.23 bits per heavy atom. The highest BCUT2D eigenvalue weighted by Crippen LogP contribution is 2.42. The molecule has 0 bridgehead atoms. The van der Waals surface area contributed by atoms with Gasteiger partial charge in [-0.05, 0) is 49.6 Å². The lowest BCUT2D eigenvalue weighted by atomic mass is 9.94. The van der Waals surface area contributed by atoms with E-state index in [1.54, 1.807) is 24.3 Å². The van der Waals surface area contributed by atoms with E-state index in [1.165, 1.54) is 24.1 Å². The second kappa shape index (κ2) is 8.43. The zero-order valence-electron chi connectivity index (χ0n) is 17.5. The number of likely N-dealkylation sites (tertiary alicyclic amines) is 1. The van der Waals surface area contributed by atoms with E-state index < -0.39 is 17.7 Å². The number of aryl methyl sites for hydroxylation is 1. The molecule has 2 unspecified atom stereocenters. The number of hydrogen-bond donors (Lipinski definition) is 2. The number of rotatable bonds is 5. The van der Waals surface area contributed by atoms with Crippen molar-refractivity contribution in [3.8, 4) is 11.5 Å². The molecule has 0 radical (unpaired) electrons. The number of Topliss-reactive ketones (excluding diaryl/α,β-unsaturated/α-hetero) is 1. The minimum absolute atomic E-state index is 0.00772. The molecule has 0 spiro atoms. The van der Waals surface area contributed by atoms with Crippen LogP contribution in [0, 0.1) is 6.92 Å². The zero-order chi connectivity index (χ0) is 22.1. The molecule has 2 aromatic carbocycles. The van der Waals surface area contributed by atoms with Crippen molar-refractivity contribution in [2.45, 2.75) is 31.9 Å². The van der Waals surface area contributed by atoms with Gasteiger partial charge in [-0.2, -0.15) is 0 Å². The summed E-state index contributed by atoms with van der Waals surface area (Å²) in [6.07, 6.45) is 1.51. The van der Waals surface area contributed by atoms with Gasteiger partial charge < -0.3 is 24.6 Å². The Morgan fingerprint density at radius 2 is 2.03 bits per heavy atom. The number of methoxy groups -OCH3 is 1. The second-order valence-electron chi connectivity index (χ2n) is 7.89. The van der Waals surface area contributed by atoms with Gasteiger partial charge in [-0.3, -0.25) is 9.59 Å². The molecule has 7 heteroatoms. The summed E-state index contributed by atoms with van der Waals surface area (Å²) in [5.41, 5.74) is 1.70. The van der Waals surface area contributed by atoms with Crippen molar-refractivity contribution in [1.82, 2.24) is 4.90 Å². The lowest BCUT2D eigenvalue weighted by Crippen LogP contribution is -2.36. The van der Waals surface area contributed by atoms with Crippen molar-refractivity contribution >= 4 is 17.4 Å². The maximum Gasteiger partial charge on any atom is 0.295 e. The van der Waals surface area contributed by atoms with E-state index in [-0.39, 0.29) is 29.7 Å². The molecule has 0 aromatic heterocycles. The third-order valence-electron chi connectivity index (χ3n) is 5.76. The standard InChI is InChI=1S/C24H25NO6/c1-14-8-9-19(30-2)18(11-14)22(27)20-21(15-5-3-6-16(26)12-15)25(24(29)23(20)28)13-17-7-4-10-31-17/h3,5-6,8-9,11-12,17,21,26-27H,4,7,10,13H2,1-2H3/b22-20+. The highest BCUT2D eigenvalue weighted by Gasteiger charge is 2.47. The number of aliphatic hydroxyl groups is 1. The van der Waals surface area contributed by atoms with E-state index in [4.69, 9.17) is 9.47 Å². The number of nitrogens with zero attached hydrogens (tertiary/aromatic N) is 1. The van der Waals surface area contributed by atoms with Crippen LogP contribution >= 0.6 is 0 Å². The van der Waals surface area contributed by atoms with Gasteiger partial charge in [0.25, 0.3) is 11.7 Å². The van der Waals surface area contributed by atoms with Crippen LogP contribution < -0.4 is 4.74 Å². The number of hydrogen-bond acceptors (Lipinski definition) is 6. The summed E-state index contributed by atoms with van der Waals surface area (Å²) in [6, 6.07) is 10.8. The fourth-order valence-electron chi connectivity index (χ4n) is 4.27. The highest BCUT2D eigenvalue weighted by atomic mass is 16.5. The number of benzene rings is 2. The van der Waals surface area contributed by atoms with Crippen molar-refractivity contribution in [3.63, 3.8) is 0 Å². The predicted molar refractivity (Wildman–Crippen MR) is 114 cm³/mol. The van der Waals surface area contributed by atoms with Crippen LogP contribution in [0.3, 0.4) is 0 Å². The predicted octanol–water partition coefficient (Wildman–Crippen LogP) is 3.31. The zero-order valence-corrected chi connectivity index (χ0v) is 17.5. The van der Waals surface area contributed by atoms with Gasteiger partial charge in [-0.15, -0.1) is 0 Å². The topological polar surface area (TPSA) is 96.3 Å². The monoisotopic (exact) mass is 423 g/mol. The van der Waals surface area contributed by atoms with Crippen LogP contribution in [0.25, 0.3) is 5.76 Å². The maximum atomic E-state index is 13.1. The number of phenols is 1. The molecule has 2 atom stereocenters. The van der Waals surface area contributed by atoms with Gasteiger partial charge in [0, 0.05) is 13.2 Å². The molecule has 2 saturated heterocycles. The van der Waals surface area contributed by atoms with Crippen molar-refractivity contribution in [2.75, 3.05) is 20.3 Å². The van der Waals surface area contributed by atoms with Crippen LogP contribution in [-0.4, -0.2) is 53.2 Å². The van der Waals surface area contributed by atoms with E-state index in [0.29, 0.717) is 23.5 Å². The first kappa shape index (κ1) is 20.9. The summed E-state index contributed by atoms with van der Waals surface area (Å²) in [5.74, 6) is -1.37. The fraction of sp³-hybridized carbons (Fsp3) is 0.333. The van der Waals surface area contributed by atoms with Gasteiger partial charge in [0.15, 0.2) is 0 Å². The lowest BCUT2D eigenvalue weighted by Gasteiger charge is -2.27. The summed E-state index contributed by atoms with van der Waals surface area (Å²) < 4.78 is 11.1. The SMILES string of the molecule is COc1ccc(C)cc1/C(O)=C1\C(=O)C(=O)N(CC2CCCO2)C1c1cccc(O)c1. The number of phenolic OH excluding ortho intramolecular Hbond substituents is 1. The van der Waals surface area contributed by atoms with Crippen molar-refractivity contribution in [3.05, 3.63) is 64.7 Å².